The number of fused-ring (bicyclic) bond motifs is 3. The van der Waals surface area contributed by atoms with Crippen molar-refractivity contribution in [1.82, 2.24) is 14.5 Å². The van der Waals surface area contributed by atoms with Crippen molar-refractivity contribution in [3.8, 4) is 0 Å². The summed E-state index contributed by atoms with van der Waals surface area (Å²) < 4.78 is 31.2. The van der Waals surface area contributed by atoms with E-state index in [9.17, 15) is 13.2 Å². The maximum Gasteiger partial charge on any atom is 0.409 e. The van der Waals surface area contributed by atoms with Crippen LogP contribution >= 0.6 is 0 Å². The summed E-state index contributed by atoms with van der Waals surface area (Å²) >= 11 is 0. The number of nitrogens with two attached hydrogens (primary N) is 1. The Hall–Kier alpha value is -2.91. The molecule has 0 bridgehead atoms. The van der Waals surface area contributed by atoms with Crippen molar-refractivity contribution >= 4 is 27.1 Å². The van der Waals surface area contributed by atoms with Gasteiger partial charge in [-0.15, -0.1) is 0 Å². The van der Waals surface area contributed by atoms with E-state index in [1.807, 2.05) is 6.07 Å². The van der Waals surface area contributed by atoms with Gasteiger partial charge in [0.1, 0.15) is 5.82 Å². The summed E-state index contributed by atoms with van der Waals surface area (Å²) in [4.78, 5) is 19.2. The number of carbonyl (C=O) groups is 1. The van der Waals surface area contributed by atoms with Crippen molar-refractivity contribution in [1.29, 1.82) is 0 Å². The van der Waals surface area contributed by atoms with Gasteiger partial charge >= 0.3 is 6.09 Å². The highest BCUT2D eigenvalue weighted by atomic mass is 32.2. The minimum absolute atomic E-state index is 0.154. The molecule has 1 fully saturated rings. The Kier molecular flexibility index (Phi) is 6.78. The molecule has 9 heteroatoms. The third-order valence-electron chi connectivity index (χ3n) is 7.84. The number of amides is 1. The summed E-state index contributed by atoms with van der Waals surface area (Å²) in [6, 6.07) is 14.9. The van der Waals surface area contributed by atoms with Gasteiger partial charge in [0.15, 0.2) is 0 Å². The smallest absolute Gasteiger partial charge is 0.409 e. The molecular weight excluding hydrogens is 476 g/mol. The summed E-state index contributed by atoms with van der Waals surface area (Å²) in [5.74, 6) is 1.16. The van der Waals surface area contributed by atoms with Crippen LogP contribution in [-0.4, -0.2) is 47.9 Å². The summed E-state index contributed by atoms with van der Waals surface area (Å²) in [6.07, 6.45) is 3.87. The molecule has 192 valence electrons. The third-order valence-corrected chi connectivity index (χ3v) is 9.24. The molecule has 2 aliphatic rings. The van der Waals surface area contributed by atoms with E-state index in [1.54, 1.807) is 4.90 Å². The van der Waals surface area contributed by atoms with Crippen LogP contribution in [0.2, 0.25) is 0 Å². The number of primary sulfonamides is 1. The number of hydrogen-bond donors (Lipinski definition) is 1. The normalized spacial score (nSPS) is 21.2. The van der Waals surface area contributed by atoms with Gasteiger partial charge in [-0.2, -0.15) is 0 Å². The standard InChI is InChI=1S/C27H34N4O4S/c1-18(16-19-6-4-3-5-7-19)31-24-13-10-20-14-15-30(27(32)35-2)17-23(20)25(24)29-26(31)21-8-11-22(12-9-21)36(28,33)34/h3-7,10,13,18,21-22H,8-9,11-12,14-17H2,1-2H3,(H2,28,33,34)/t18-,21-,22-/m0/s1. The van der Waals surface area contributed by atoms with Gasteiger partial charge in [-0.3, -0.25) is 0 Å². The Bertz CT molecular complexity index is 1360. The van der Waals surface area contributed by atoms with Crippen molar-refractivity contribution in [3.63, 3.8) is 0 Å². The van der Waals surface area contributed by atoms with Gasteiger partial charge < -0.3 is 14.2 Å². The number of sulfonamides is 1. The first-order valence-electron chi connectivity index (χ1n) is 12.7. The van der Waals surface area contributed by atoms with Crippen LogP contribution in [0.1, 0.15) is 67.1 Å². The molecule has 1 saturated carbocycles. The highest BCUT2D eigenvalue weighted by Crippen LogP contribution is 2.39. The van der Waals surface area contributed by atoms with Gasteiger partial charge in [0.25, 0.3) is 0 Å². The Labute approximate surface area is 212 Å². The van der Waals surface area contributed by atoms with E-state index in [1.165, 1.54) is 18.2 Å². The van der Waals surface area contributed by atoms with Crippen LogP contribution in [0.3, 0.4) is 0 Å². The molecule has 5 rings (SSSR count). The van der Waals surface area contributed by atoms with Gasteiger partial charge in [-0.05, 0) is 62.6 Å². The summed E-state index contributed by atoms with van der Waals surface area (Å²) in [5, 5.41) is 4.98. The number of benzene rings is 2. The molecule has 1 aromatic heterocycles. The fourth-order valence-corrected chi connectivity index (χ4v) is 6.87. The predicted octanol–water partition coefficient (Wildman–Crippen LogP) is 4.28. The van der Waals surface area contributed by atoms with E-state index >= 15 is 0 Å². The lowest BCUT2D eigenvalue weighted by Gasteiger charge is -2.29. The van der Waals surface area contributed by atoms with Crippen LogP contribution in [-0.2, 0) is 34.1 Å². The molecule has 0 saturated heterocycles. The second-order valence-electron chi connectivity index (χ2n) is 10.2. The molecule has 3 aromatic rings. The molecule has 2 N–H and O–H groups in total. The zero-order chi connectivity index (χ0) is 25.4. The molecule has 36 heavy (non-hydrogen) atoms. The maximum absolute atomic E-state index is 12.3. The predicted molar refractivity (Wildman–Crippen MR) is 139 cm³/mol. The Morgan fingerprint density at radius 3 is 2.53 bits per heavy atom. The molecular formula is C27H34N4O4S. The van der Waals surface area contributed by atoms with Crippen LogP contribution in [0.5, 0.6) is 0 Å². The summed E-state index contributed by atoms with van der Waals surface area (Å²) in [6.45, 7) is 3.32. The third kappa shape index (κ3) is 4.74. The molecule has 1 aliphatic carbocycles. The van der Waals surface area contributed by atoms with Crippen molar-refractivity contribution in [2.75, 3.05) is 13.7 Å². The molecule has 1 amide bonds. The van der Waals surface area contributed by atoms with Crippen molar-refractivity contribution in [2.45, 2.75) is 69.2 Å². The Morgan fingerprint density at radius 1 is 1.14 bits per heavy atom. The van der Waals surface area contributed by atoms with E-state index in [0.29, 0.717) is 25.9 Å². The molecule has 0 spiro atoms. The van der Waals surface area contributed by atoms with E-state index < -0.39 is 15.3 Å². The molecule has 8 nitrogen and oxygen atoms in total. The first-order valence-corrected chi connectivity index (χ1v) is 14.3. The van der Waals surface area contributed by atoms with Gasteiger partial charge in [0, 0.05) is 24.1 Å². The zero-order valence-electron chi connectivity index (χ0n) is 20.9. The fourth-order valence-electron chi connectivity index (χ4n) is 5.94. The second kappa shape index (κ2) is 9.86. The average Bonchev–Trinajstić information content (AvgIpc) is 3.28. The van der Waals surface area contributed by atoms with Crippen LogP contribution < -0.4 is 5.14 Å². The topological polar surface area (TPSA) is 108 Å². The first kappa shape index (κ1) is 24.8. The molecule has 2 heterocycles. The van der Waals surface area contributed by atoms with Crippen molar-refractivity contribution < 1.29 is 17.9 Å². The van der Waals surface area contributed by atoms with Gasteiger partial charge in [-0.25, -0.2) is 23.3 Å². The fraction of sp³-hybridized carbons (Fsp3) is 0.481. The second-order valence-corrected chi connectivity index (χ2v) is 12.0. The van der Waals surface area contributed by atoms with E-state index in [-0.39, 0.29) is 18.1 Å². The largest absolute Gasteiger partial charge is 0.453 e. The quantitative estimate of drug-likeness (QED) is 0.551. The summed E-state index contributed by atoms with van der Waals surface area (Å²) in [7, 11) is -2.12. The minimum atomic E-state index is -3.53. The molecule has 1 aliphatic heterocycles. The number of carbonyl (C=O) groups excluding carboxylic acids is 1. The van der Waals surface area contributed by atoms with Crippen LogP contribution in [0.15, 0.2) is 42.5 Å². The minimum Gasteiger partial charge on any atom is -0.453 e. The van der Waals surface area contributed by atoms with E-state index in [4.69, 9.17) is 14.9 Å². The number of methoxy groups -OCH3 is 1. The highest BCUT2D eigenvalue weighted by Gasteiger charge is 2.33. The number of rotatable bonds is 5. The molecule has 2 aromatic carbocycles. The number of ether oxygens (including phenoxy) is 1. The van der Waals surface area contributed by atoms with Gasteiger partial charge in [-0.1, -0.05) is 36.4 Å². The lowest BCUT2D eigenvalue weighted by atomic mass is 9.88. The van der Waals surface area contributed by atoms with Crippen LogP contribution in [0.4, 0.5) is 4.79 Å². The maximum atomic E-state index is 12.3. The van der Waals surface area contributed by atoms with Gasteiger partial charge in [0.2, 0.25) is 10.0 Å². The summed E-state index contributed by atoms with van der Waals surface area (Å²) in [5.41, 5.74) is 5.55. The van der Waals surface area contributed by atoms with Crippen LogP contribution in [0, 0.1) is 0 Å². The Morgan fingerprint density at radius 2 is 1.86 bits per heavy atom. The molecule has 1 atom stereocenters. The number of aromatic nitrogens is 2. The zero-order valence-corrected chi connectivity index (χ0v) is 21.7. The number of hydrogen-bond acceptors (Lipinski definition) is 5. The monoisotopic (exact) mass is 510 g/mol. The molecule has 0 unspecified atom stereocenters. The van der Waals surface area contributed by atoms with Crippen LogP contribution in [0.25, 0.3) is 11.0 Å². The lowest BCUT2D eigenvalue weighted by Crippen LogP contribution is -2.35. The van der Waals surface area contributed by atoms with E-state index in [0.717, 1.165) is 48.1 Å². The van der Waals surface area contributed by atoms with Crippen molar-refractivity contribution in [3.05, 3.63) is 65.0 Å². The Balaban J connectivity index is 1.56. The number of nitrogens with zero attached hydrogens (tertiary/aromatic N) is 3. The number of imidazole rings is 1. The molecule has 0 radical (unpaired) electrons. The average molecular weight is 511 g/mol. The van der Waals surface area contributed by atoms with Crippen molar-refractivity contribution in [2.24, 2.45) is 5.14 Å². The van der Waals surface area contributed by atoms with Gasteiger partial charge in [0.05, 0.1) is 29.9 Å². The van der Waals surface area contributed by atoms with E-state index in [2.05, 4.69) is 47.9 Å². The first-order chi connectivity index (χ1) is 17.3. The lowest BCUT2D eigenvalue weighted by molar-refractivity contribution is 0.119. The SMILES string of the molecule is COC(=O)N1CCc2ccc3c(nc([C@H]4CC[C@H](S(N)(=O)=O)CC4)n3[C@@H](C)Cc3ccccc3)c2C1. The highest BCUT2D eigenvalue weighted by molar-refractivity contribution is 7.89.